The molecule has 3 fully saturated rings. The van der Waals surface area contributed by atoms with Crippen LogP contribution in [0.1, 0.15) is 33.1 Å². The molecule has 0 radical (unpaired) electrons. The Kier molecular flexibility index (Phi) is 4.64. The van der Waals surface area contributed by atoms with Crippen LogP contribution in [0, 0.1) is 11.8 Å². The number of amides is 2. The first-order valence-electron chi connectivity index (χ1n) is 8.51. The minimum atomic E-state index is -0.919. The smallest absolute Gasteiger partial charge is 0.407 e. The van der Waals surface area contributed by atoms with Gasteiger partial charge in [-0.05, 0) is 63.3 Å². The Hall–Kier alpha value is -2.24. The quantitative estimate of drug-likeness (QED) is 0.887. The number of hydrogen-bond acceptors (Lipinski definition) is 3. The maximum absolute atomic E-state index is 12.6. The van der Waals surface area contributed by atoms with Crippen molar-refractivity contribution in [1.82, 2.24) is 4.90 Å². The van der Waals surface area contributed by atoms with Gasteiger partial charge in [-0.15, -0.1) is 0 Å². The van der Waals surface area contributed by atoms with Crippen molar-refractivity contribution in [3.05, 3.63) is 24.3 Å². The third-order valence-electron chi connectivity index (χ3n) is 4.85. The summed E-state index contributed by atoms with van der Waals surface area (Å²) in [5.41, 5.74) is 0.708. The lowest BCUT2D eigenvalue weighted by Crippen LogP contribution is -2.57. The van der Waals surface area contributed by atoms with Crippen molar-refractivity contribution >= 4 is 17.7 Å². The van der Waals surface area contributed by atoms with E-state index in [-0.39, 0.29) is 24.0 Å². The van der Waals surface area contributed by atoms with E-state index in [2.05, 4.69) is 5.32 Å². The standard InChI is InChI=1S/C18H24N2O4/c1-11(2)24-14-6-4-13(5-7-14)19-17(21)15-9-12-3-8-16(15)20(10-12)18(22)23/h4-7,11-12,15-16H,3,8-10H2,1-2H3,(H,19,21)(H,22,23)/t12-,15+,16+/m0/s1. The summed E-state index contributed by atoms with van der Waals surface area (Å²) >= 11 is 0. The lowest BCUT2D eigenvalue weighted by molar-refractivity contribution is -0.126. The first kappa shape index (κ1) is 16.6. The summed E-state index contributed by atoms with van der Waals surface area (Å²) in [6.07, 6.45) is 1.74. The molecule has 2 N–H and O–H groups in total. The topological polar surface area (TPSA) is 78.9 Å². The molecule has 0 spiro atoms. The van der Waals surface area contributed by atoms with Gasteiger partial charge in [0.25, 0.3) is 0 Å². The van der Waals surface area contributed by atoms with E-state index in [4.69, 9.17) is 4.74 Å². The predicted molar refractivity (Wildman–Crippen MR) is 90.2 cm³/mol. The van der Waals surface area contributed by atoms with E-state index < -0.39 is 6.09 Å². The van der Waals surface area contributed by atoms with Crippen molar-refractivity contribution < 1.29 is 19.4 Å². The SMILES string of the molecule is CC(C)Oc1ccc(NC(=O)[C@@H]2C[C@@H]3CC[C@H]2N(C(=O)O)C3)cc1. The van der Waals surface area contributed by atoms with Crippen LogP contribution in [0.3, 0.4) is 0 Å². The predicted octanol–water partition coefficient (Wildman–Crippen LogP) is 3.19. The normalized spacial score (nSPS) is 25.6. The summed E-state index contributed by atoms with van der Waals surface area (Å²) in [6.45, 7) is 4.48. The molecule has 4 rings (SSSR count). The van der Waals surface area contributed by atoms with Crippen LogP contribution in [0.2, 0.25) is 0 Å². The number of rotatable bonds is 4. The highest BCUT2D eigenvalue weighted by atomic mass is 16.5. The summed E-state index contributed by atoms with van der Waals surface area (Å²) in [6, 6.07) is 7.08. The number of nitrogens with one attached hydrogen (secondary N) is 1. The molecule has 2 heterocycles. The molecular weight excluding hydrogens is 308 g/mol. The third kappa shape index (κ3) is 3.47. The van der Waals surface area contributed by atoms with Gasteiger partial charge in [0.15, 0.2) is 0 Å². The van der Waals surface area contributed by atoms with Crippen LogP contribution in [0.25, 0.3) is 0 Å². The molecule has 2 saturated heterocycles. The lowest BCUT2D eigenvalue weighted by atomic mass is 9.72. The van der Waals surface area contributed by atoms with E-state index in [1.807, 2.05) is 38.1 Å². The minimum absolute atomic E-state index is 0.0897. The van der Waals surface area contributed by atoms with Gasteiger partial charge >= 0.3 is 6.09 Å². The van der Waals surface area contributed by atoms with Crippen LogP contribution in [-0.4, -0.2) is 40.7 Å². The zero-order chi connectivity index (χ0) is 17.3. The molecule has 6 nitrogen and oxygen atoms in total. The van der Waals surface area contributed by atoms with Crippen molar-refractivity contribution in [3.8, 4) is 5.75 Å². The second-order valence-electron chi connectivity index (χ2n) is 6.97. The molecule has 6 heteroatoms. The maximum atomic E-state index is 12.6. The van der Waals surface area contributed by atoms with Crippen molar-refractivity contribution in [2.24, 2.45) is 11.8 Å². The zero-order valence-corrected chi connectivity index (χ0v) is 14.1. The van der Waals surface area contributed by atoms with E-state index in [0.29, 0.717) is 18.2 Å². The highest BCUT2D eigenvalue weighted by Gasteiger charge is 2.45. The molecule has 24 heavy (non-hydrogen) atoms. The van der Waals surface area contributed by atoms with Gasteiger partial charge in [-0.2, -0.15) is 0 Å². The maximum Gasteiger partial charge on any atom is 0.407 e. The molecule has 1 aromatic carbocycles. The second-order valence-corrected chi connectivity index (χ2v) is 6.97. The fourth-order valence-electron chi connectivity index (χ4n) is 3.82. The number of hydrogen-bond donors (Lipinski definition) is 2. The molecule has 3 atom stereocenters. The first-order chi connectivity index (χ1) is 11.4. The Morgan fingerprint density at radius 1 is 1.25 bits per heavy atom. The van der Waals surface area contributed by atoms with E-state index in [0.717, 1.165) is 25.0 Å². The highest BCUT2D eigenvalue weighted by Crippen LogP contribution is 2.39. The Labute approximate surface area is 141 Å². The van der Waals surface area contributed by atoms with Crippen LogP contribution in [-0.2, 0) is 4.79 Å². The van der Waals surface area contributed by atoms with Gasteiger partial charge in [0.1, 0.15) is 5.75 Å². The molecule has 1 aliphatic carbocycles. The number of carbonyl (C=O) groups excluding carboxylic acids is 1. The third-order valence-corrected chi connectivity index (χ3v) is 4.85. The second kappa shape index (κ2) is 6.71. The van der Waals surface area contributed by atoms with Crippen LogP contribution in [0.4, 0.5) is 10.5 Å². The van der Waals surface area contributed by atoms with Gasteiger partial charge < -0.3 is 20.1 Å². The van der Waals surface area contributed by atoms with Gasteiger partial charge in [0.2, 0.25) is 5.91 Å². The number of fused-ring (bicyclic) bond motifs is 3. The molecule has 1 saturated carbocycles. The van der Waals surface area contributed by atoms with Crippen LogP contribution in [0.5, 0.6) is 5.75 Å². The molecule has 1 aromatic rings. The number of carboxylic acid groups (broad SMARTS) is 1. The summed E-state index contributed by atoms with van der Waals surface area (Å²) in [5.74, 6) is 0.703. The summed E-state index contributed by atoms with van der Waals surface area (Å²) in [5, 5.41) is 12.3. The van der Waals surface area contributed by atoms with E-state index in [1.54, 1.807) is 0 Å². The summed E-state index contributed by atoms with van der Waals surface area (Å²) < 4.78 is 5.59. The van der Waals surface area contributed by atoms with Gasteiger partial charge in [0, 0.05) is 18.3 Å². The van der Waals surface area contributed by atoms with E-state index in [1.165, 1.54) is 4.90 Å². The average molecular weight is 332 g/mol. The highest BCUT2D eigenvalue weighted by molar-refractivity contribution is 5.93. The molecule has 0 aromatic heterocycles. The number of anilines is 1. The number of benzene rings is 1. The monoisotopic (exact) mass is 332 g/mol. The number of ether oxygens (including phenoxy) is 1. The van der Waals surface area contributed by atoms with E-state index >= 15 is 0 Å². The Morgan fingerprint density at radius 2 is 1.96 bits per heavy atom. The Morgan fingerprint density at radius 3 is 2.54 bits per heavy atom. The largest absolute Gasteiger partial charge is 0.491 e. The van der Waals surface area contributed by atoms with Gasteiger partial charge in [0.05, 0.1) is 12.0 Å². The molecular formula is C18H24N2O4. The minimum Gasteiger partial charge on any atom is -0.491 e. The summed E-state index contributed by atoms with van der Waals surface area (Å²) in [7, 11) is 0. The van der Waals surface area contributed by atoms with E-state index in [9.17, 15) is 14.7 Å². The number of carbonyl (C=O) groups is 2. The van der Waals surface area contributed by atoms with Gasteiger partial charge in [-0.25, -0.2) is 4.79 Å². The molecule has 130 valence electrons. The molecule has 3 aliphatic rings. The molecule has 0 unspecified atom stereocenters. The fourth-order valence-corrected chi connectivity index (χ4v) is 3.82. The zero-order valence-electron chi connectivity index (χ0n) is 14.1. The fraction of sp³-hybridized carbons (Fsp3) is 0.556. The molecule has 2 bridgehead atoms. The van der Waals surface area contributed by atoms with Crippen LogP contribution >= 0.6 is 0 Å². The van der Waals surface area contributed by atoms with Crippen molar-refractivity contribution in [2.45, 2.75) is 45.3 Å². The average Bonchev–Trinajstić information content (AvgIpc) is 2.56. The van der Waals surface area contributed by atoms with Crippen molar-refractivity contribution in [1.29, 1.82) is 0 Å². The molecule has 2 aliphatic heterocycles. The number of nitrogens with zero attached hydrogens (tertiary/aromatic N) is 1. The first-order valence-corrected chi connectivity index (χ1v) is 8.51. The lowest BCUT2D eigenvalue weighted by Gasteiger charge is -2.47. The Bertz CT molecular complexity index is 614. The Balaban J connectivity index is 1.65. The van der Waals surface area contributed by atoms with Crippen molar-refractivity contribution in [2.75, 3.05) is 11.9 Å². The van der Waals surface area contributed by atoms with Crippen LogP contribution in [0.15, 0.2) is 24.3 Å². The van der Waals surface area contributed by atoms with Crippen molar-refractivity contribution in [3.63, 3.8) is 0 Å². The van der Waals surface area contributed by atoms with Crippen LogP contribution < -0.4 is 10.1 Å². The van der Waals surface area contributed by atoms with Gasteiger partial charge in [-0.3, -0.25) is 4.79 Å². The number of piperidine rings is 2. The van der Waals surface area contributed by atoms with Gasteiger partial charge in [-0.1, -0.05) is 0 Å². The summed E-state index contributed by atoms with van der Waals surface area (Å²) in [4.78, 5) is 25.4. The molecule has 2 amide bonds.